The van der Waals surface area contributed by atoms with Crippen LogP contribution in [0.1, 0.15) is 5.56 Å². The van der Waals surface area contributed by atoms with Crippen molar-refractivity contribution < 1.29 is 8.76 Å². The quantitative estimate of drug-likeness (QED) is 0.770. The Hall–Kier alpha value is -0.700. The van der Waals surface area contributed by atoms with Gasteiger partial charge < -0.3 is 4.55 Å². The Morgan fingerprint density at radius 2 is 2.25 bits per heavy atom. The molecule has 0 aliphatic heterocycles. The Balaban J connectivity index is 3.25. The minimum atomic E-state index is -2.02. The molecule has 3 nitrogen and oxygen atoms in total. The Morgan fingerprint density at radius 3 is 2.75 bits per heavy atom. The molecule has 0 aliphatic rings. The molecular formula is C7H4BrNO2S. The van der Waals surface area contributed by atoms with Gasteiger partial charge >= 0.3 is 0 Å². The van der Waals surface area contributed by atoms with Crippen LogP contribution >= 0.6 is 15.9 Å². The third-order valence-corrected chi connectivity index (χ3v) is 2.61. The Labute approximate surface area is 80.4 Å². The van der Waals surface area contributed by atoms with Crippen LogP contribution in [0.3, 0.4) is 0 Å². The molecule has 1 aromatic rings. The molecule has 1 atom stereocenters. The van der Waals surface area contributed by atoms with Gasteiger partial charge in [0.05, 0.1) is 10.5 Å². The molecule has 1 N–H and O–H groups in total. The van der Waals surface area contributed by atoms with Crippen LogP contribution in [0.25, 0.3) is 0 Å². The molecule has 5 heteroatoms. The molecule has 0 saturated carbocycles. The summed E-state index contributed by atoms with van der Waals surface area (Å²) in [6.07, 6.45) is 0. The first-order chi connectivity index (χ1) is 5.65. The molecule has 0 amide bonds. The number of nitrogens with zero attached hydrogens (tertiary/aromatic N) is 1. The molecule has 1 unspecified atom stereocenters. The lowest BCUT2D eigenvalue weighted by Crippen LogP contribution is -1.89. The zero-order valence-corrected chi connectivity index (χ0v) is 8.22. The van der Waals surface area contributed by atoms with E-state index < -0.39 is 11.1 Å². The SMILES string of the molecule is N#Cc1cc(S(=O)O)ccc1Br. The number of benzene rings is 1. The molecule has 0 heterocycles. The van der Waals surface area contributed by atoms with Crippen LogP contribution in [0, 0.1) is 11.3 Å². The topological polar surface area (TPSA) is 61.1 Å². The van der Waals surface area contributed by atoms with Gasteiger partial charge in [0.2, 0.25) is 0 Å². The van der Waals surface area contributed by atoms with E-state index in [9.17, 15) is 4.21 Å². The molecule has 0 radical (unpaired) electrons. The van der Waals surface area contributed by atoms with Gasteiger partial charge in [-0.15, -0.1) is 0 Å². The molecule has 0 aliphatic carbocycles. The number of hydrogen-bond donors (Lipinski definition) is 1. The fourth-order valence-electron chi connectivity index (χ4n) is 0.699. The second kappa shape index (κ2) is 3.81. The zero-order valence-electron chi connectivity index (χ0n) is 5.82. The van der Waals surface area contributed by atoms with Crippen LogP contribution in [0.15, 0.2) is 27.6 Å². The third-order valence-electron chi connectivity index (χ3n) is 1.26. The Morgan fingerprint density at radius 1 is 1.58 bits per heavy atom. The van der Waals surface area contributed by atoms with Gasteiger partial charge in [0.1, 0.15) is 6.07 Å². The van der Waals surface area contributed by atoms with Crippen molar-refractivity contribution >= 4 is 27.0 Å². The van der Waals surface area contributed by atoms with Crippen LogP contribution in [-0.2, 0) is 11.1 Å². The fraction of sp³-hybridized carbons (Fsp3) is 0. The number of nitriles is 1. The first-order valence-electron chi connectivity index (χ1n) is 2.95. The largest absolute Gasteiger partial charge is 0.302 e. The molecule has 0 bridgehead atoms. The molecule has 1 aromatic carbocycles. The van der Waals surface area contributed by atoms with Crippen molar-refractivity contribution in [2.24, 2.45) is 0 Å². The molecule has 62 valence electrons. The summed E-state index contributed by atoms with van der Waals surface area (Å²) in [6.45, 7) is 0. The van der Waals surface area contributed by atoms with Crippen LogP contribution in [0.4, 0.5) is 0 Å². The van der Waals surface area contributed by atoms with E-state index in [2.05, 4.69) is 15.9 Å². The highest BCUT2D eigenvalue weighted by atomic mass is 79.9. The van der Waals surface area contributed by atoms with Crippen molar-refractivity contribution in [3.63, 3.8) is 0 Å². The Kier molecular flexibility index (Phi) is 2.98. The van der Waals surface area contributed by atoms with E-state index in [1.165, 1.54) is 12.1 Å². The lowest BCUT2D eigenvalue weighted by molar-refractivity contribution is 0.564. The second-order valence-corrected chi connectivity index (χ2v) is 3.83. The molecule has 0 fully saturated rings. The predicted molar refractivity (Wildman–Crippen MR) is 47.9 cm³/mol. The maximum Gasteiger partial charge on any atom is 0.186 e. The summed E-state index contributed by atoms with van der Waals surface area (Å²) < 4.78 is 19.9. The predicted octanol–water partition coefficient (Wildman–Crippen LogP) is 1.90. The highest BCUT2D eigenvalue weighted by Gasteiger charge is 2.03. The number of hydrogen-bond acceptors (Lipinski definition) is 2. The van der Waals surface area contributed by atoms with Gasteiger partial charge in [0, 0.05) is 4.47 Å². The highest BCUT2D eigenvalue weighted by molar-refractivity contribution is 9.10. The van der Waals surface area contributed by atoms with E-state index in [4.69, 9.17) is 9.81 Å². The van der Waals surface area contributed by atoms with Gasteiger partial charge in [-0.3, -0.25) is 0 Å². The zero-order chi connectivity index (χ0) is 9.14. The average Bonchev–Trinajstić information content (AvgIpc) is 2.05. The highest BCUT2D eigenvalue weighted by Crippen LogP contribution is 2.18. The molecule has 0 aromatic heterocycles. The molecule has 0 saturated heterocycles. The fourth-order valence-corrected chi connectivity index (χ4v) is 1.44. The molecule has 0 spiro atoms. The normalized spacial score (nSPS) is 12.1. The Bertz CT molecular complexity index is 372. The van der Waals surface area contributed by atoms with E-state index >= 15 is 0 Å². The summed E-state index contributed by atoms with van der Waals surface area (Å²) >= 11 is 1.12. The van der Waals surface area contributed by atoms with Crippen molar-refractivity contribution in [3.8, 4) is 6.07 Å². The molecular weight excluding hydrogens is 242 g/mol. The number of rotatable bonds is 1. The van der Waals surface area contributed by atoms with Gasteiger partial charge in [-0.05, 0) is 34.1 Å². The van der Waals surface area contributed by atoms with Gasteiger partial charge in [0.15, 0.2) is 11.1 Å². The van der Waals surface area contributed by atoms with E-state index in [0.29, 0.717) is 10.0 Å². The minimum absolute atomic E-state index is 0.231. The van der Waals surface area contributed by atoms with Crippen molar-refractivity contribution in [2.45, 2.75) is 4.90 Å². The summed E-state index contributed by atoms with van der Waals surface area (Å²) in [5.41, 5.74) is 0.356. The molecule has 1 rings (SSSR count). The van der Waals surface area contributed by atoms with Gasteiger partial charge in [-0.25, -0.2) is 4.21 Å². The summed E-state index contributed by atoms with van der Waals surface area (Å²) in [4.78, 5) is 0.231. The monoisotopic (exact) mass is 245 g/mol. The lowest BCUT2D eigenvalue weighted by Gasteiger charge is -1.96. The van der Waals surface area contributed by atoms with Gasteiger partial charge in [0.25, 0.3) is 0 Å². The first kappa shape index (κ1) is 9.39. The third kappa shape index (κ3) is 1.91. The molecule has 12 heavy (non-hydrogen) atoms. The minimum Gasteiger partial charge on any atom is -0.302 e. The van der Waals surface area contributed by atoms with Crippen LogP contribution < -0.4 is 0 Å². The van der Waals surface area contributed by atoms with Crippen LogP contribution in [0.2, 0.25) is 0 Å². The number of halogens is 1. The van der Waals surface area contributed by atoms with E-state index in [1.54, 1.807) is 6.07 Å². The summed E-state index contributed by atoms with van der Waals surface area (Å²) in [5, 5.41) is 8.56. The standard InChI is InChI=1S/C7H4BrNO2S/c8-7-2-1-6(12(10)11)3-5(7)4-9/h1-3H,(H,10,11). The average molecular weight is 246 g/mol. The van der Waals surface area contributed by atoms with Crippen molar-refractivity contribution in [1.82, 2.24) is 0 Å². The maximum atomic E-state index is 10.6. The summed E-state index contributed by atoms with van der Waals surface area (Å²) in [7, 11) is 0. The van der Waals surface area contributed by atoms with Gasteiger partial charge in [-0.2, -0.15) is 5.26 Å². The van der Waals surface area contributed by atoms with E-state index in [0.717, 1.165) is 0 Å². The van der Waals surface area contributed by atoms with Crippen LogP contribution in [0.5, 0.6) is 0 Å². The maximum absolute atomic E-state index is 10.6. The van der Waals surface area contributed by atoms with Crippen molar-refractivity contribution in [1.29, 1.82) is 5.26 Å². The van der Waals surface area contributed by atoms with E-state index in [-0.39, 0.29) is 4.90 Å². The van der Waals surface area contributed by atoms with Crippen molar-refractivity contribution in [3.05, 3.63) is 28.2 Å². The van der Waals surface area contributed by atoms with Crippen molar-refractivity contribution in [2.75, 3.05) is 0 Å². The van der Waals surface area contributed by atoms with Crippen LogP contribution in [-0.4, -0.2) is 8.76 Å². The van der Waals surface area contributed by atoms with Gasteiger partial charge in [-0.1, -0.05) is 0 Å². The second-order valence-electron chi connectivity index (χ2n) is 2.00. The smallest absolute Gasteiger partial charge is 0.186 e. The summed E-state index contributed by atoms with van der Waals surface area (Å²) in [6, 6.07) is 6.33. The lowest BCUT2D eigenvalue weighted by atomic mass is 10.2. The first-order valence-corrected chi connectivity index (χ1v) is 4.85. The van der Waals surface area contributed by atoms with E-state index in [1.807, 2.05) is 6.07 Å². The summed E-state index contributed by atoms with van der Waals surface area (Å²) in [5.74, 6) is 0.